The fourth-order valence-corrected chi connectivity index (χ4v) is 3.04. The van der Waals surface area contributed by atoms with Crippen LogP contribution in [0.25, 0.3) is 0 Å². The molecule has 1 atom stereocenters. The molecule has 0 radical (unpaired) electrons. The molecule has 0 saturated carbocycles. The molecule has 0 bridgehead atoms. The number of hydrogen-bond donors (Lipinski definition) is 3. The number of methoxy groups -OCH3 is 1. The number of ether oxygens (including phenoxy) is 1. The zero-order chi connectivity index (χ0) is 14.6. The number of nitrogens with two attached hydrogens (primary N) is 1. The van der Waals surface area contributed by atoms with Crippen molar-refractivity contribution < 1.29 is 18.3 Å². The van der Waals surface area contributed by atoms with Crippen LogP contribution < -0.4 is 10.5 Å². The third kappa shape index (κ3) is 4.32. The van der Waals surface area contributed by atoms with Crippen LogP contribution in [-0.2, 0) is 14.8 Å². The van der Waals surface area contributed by atoms with Gasteiger partial charge in [0.1, 0.15) is 0 Å². The predicted octanol–water partition coefficient (Wildman–Crippen LogP) is 0.516. The van der Waals surface area contributed by atoms with Crippen molar-refractivity contribution >= 4 is 27.3 Å². The zero-order valence-electron chi connectivity index (χ0n) is 10.7. The number of sulfonamides is 1. The summed E-state index contributed by atoms with van der Waals surface area (Å²) in [6.45, 7) is 1.52. The van der Waals surface area contributed by atoms with E-state index in [9.17, 15) is 13.5 Å². The largest absolute Gasteiger partial charge is 0.397 e. The maximum atomic E-state index is 12.1. The highest BCUT2D eigenvalue weighted by molar-refractivity contribution is 7.89. The fraction of sp³-hybridized carbons (Fsp3) is 0.455. The summed E-state index contributed by atoms with van der Waals surface area (Å²) >= 11 is 5.81. The lowest BCUT2D eigenvalue weighted by Crippen LogP contribution is -2.34. The first kappa shape index (κ1) is 16.2. The summed E-state index contributed by atoms with van der Waals surface area (Å²) in [7, 11) is -2.33. The number of halogens is 1. The molecule has 0 spiro atoms. The predicted molar refractivity (Wildman–Crippen MR) is 73.7 cm³/mol. The molecule has 0 aromatic heterocycles. The molecule has 1 aromatic rings. The van der Waals surface area contributed by atoms with Crippen LogP contribution in [0.15, 0.2) is 17.0 Å². The number of nitrogens with one attached hydrogen (secondary N) is 1. The molecular formula is C11H17ClN2O4S. The van der Waals surface area contributed by atoms with Gasteiger partial charge in [0.2, 0.25) is 10.0 Å². The van der Waals surface area contributed by atoms with E-state index in [0.29, 0.717) is 10.6 Å². The van der Waals surface area contributed by atoms with E-state index in [1.165, 1.54) is 19.2 Å². The van der Waals surface area contributed by atoms with E-state index in [1.807, 2.05) is 0 Å². The number of hydrogen-bond acceptors (Lipinski definition) is 5. The highest BCUT2D eigenvalue weighted by atomic mass is 35.5. The minimum absolute atomic E-state index is 0.0408. The molecule has 0 saturated heterocycles. The minimum Gasteiger partial charge on any atom is -0.397 e. The van der Waals surface area contributed by atoms with Crippen LogP contribution in [-0.4, -0.2) is 39.9 Å². The first-order valence-electron chi connectivity index (χ1n) is 5.50. The third-order valence-corrected chi connectivity index (χ3v) is 4.34. The van der Waals surface area contributed by atoms with Crippen molar-refractivity contribution in [3.8, 4) is 0 Å². The van der Waals surface area contributed by atoms with Crippen molar-refractivity contribution in [3.05, 3.63) is 22.7 Å². The Balaban J connectivity index is 2.92. The van der Waals surface area contributed by atoms with Gasteiger partial charge in [-0.3, -0.25) is 0 Å². The maximum absolute atomic E-state index is 12.1. The van der Waals surface area contributed by atoms with E-state index in [1.54, 1.807) is 6.92 Å². The van der Waals surface area contributed by atoms with Crippen LogP contribution in [0.2, 0.25) is 5.02 Å². The monoisotopic (exact) mass is 308 g/mol. The highest BCUT2D eigenvalue weighted by Gasteiger charge is 2.19. The van der Waals surface area contributed by atoms with E-state index in [2.05, 4.69) is 4.72 Å². The summed E-state index contributed by atoms with van der Waals surface area (Å²) in [6, 6.07) is 2.78. The molecular weight excluding hydrogens is 292 g/mol. The topological polar surface area (TPSA) is 102 Å². The second-order valence-corrected chi connectivity index (χ2v) is 6.24. The van der Waals surface area contributed by atoms with Gasteiger partial charge in [0.15, 0.2) is 0 Å². The third-order valence-electron chi connectivity index (χ3n) is 2.45. The minimum atomic E-state index is -3.75. The first-order valence-corrected chi connectivity index (χ1v) is 7.36. The number of aryl methyl sites for hydroxylation is 1. The van der Waals surface area contributed by atoms with Crippen LogP contribution in [0.1, 0.15) is 5.56 Å². The van der Waals surface area contributed by atoms with E-state index >= 15 is 0 Å². The molecule has 0 aliphatic rings. The van der Waals surface area contributed by atoms with Gasteiger partial charge >= 0.3 is 0 Å². The first-order chi connectivity index (χ1) is 8.77. The van der Waals surface area contributed by atoms with Crippen molar-refractivity contribution in [2.45, 2.75) is 17.9 Å². The standard InChI is InChI=1S/C11H17ClN2O4S/c1-7-3-9(12)10(13)4-11(7)19(16,17)14-5-8(15)6-18-2/h3-4,8,14-15H,5-6,13H2,1-2H3. The summed E-state index contributed by atoms with van der Waals surface area (Å²) in [5.41, 5.74) is 6.26. The Morgan fingerprint density at radius 1 is 1.53 bits per heavy atom. The second-order valence-electron chi connectivity index (χ2n) is 4.10. The van der Waals surface area contributed by atoms with Crippen molar-refractivity contribution in [3.63, 3.8) is 0 Å². The number of aliphatic hydroxyl groups excluding tert-OH is 1. The normalized spacial score (nSPS) is 13.5. The Morgan fingerprint density at radius 3 is 2.74 bits per heavy atom. The van der Waals surface area contributed by atoms with Gasteiger partial charge < -0.3 is 15.6 Å². The van der Waals surface area contributed by atoms with Gasteiger partial charge in [-0.15, -0.1) is 0 Å². The van der Waals surface area contributed by atoms with E-state index in [0.717, 1.165) is 0 Å². The van der Waals surface area contributed by atoms with Crippen molar-refractivity contribution in [1.82, 2.24) is 4.72 Å². The molecule has 0 fully saturated rings. The highest BCUT2D eigenvalue weighted by Crippen LogP contribution is 2.25. The van der Waals surface area contributed by atoms with Crippen molar-refractivity contribution in [2.24, 2.45) is 0 Å². The number of rotatable bonds is 6. The number of anilines is 1. The van der Waals surface area contributed by atoms with Crippen LogP contribution in [0, 0.1) is 6.92 Å². The van der Waals surface area contributed by atoms with Crippen LogP contribution in [0.3, 0.4) is 0 Å². The quantitative estimate of drug-likeness (QED) is 0.665. The Hall–Kier alpha value is -0.860. The summed E-state index contributed by atoms with van der Waals surface area (Å²) in [5.74, 6) is 0. The van der Waals surface area contributed by atoms with Crippen LogP contribution >= 0.6 is 11.6 Å². The lowest BCUT2D eigenvalue weighted by atomic mass is 10.2. The lowest BCUT2D eigenvalue weighted by molar-refractivity contribution is 0.0679. The summed E-state index contributed by atoms with van der Waals surface area (Å²) in [5, 5.41) is 9.73. The Kier molecular flexibility index (Phi) is 5.57. The van der Waals surface area contributed by atoms with Gasteiger partial charge in [-0.1, -0.05) is 11.6 Å². The van der Waals surface area contributed by atoms with Crippen LogP contribution in [0.5, 0.6) is 0 Å². The Morgan fingerprint density at radius 2 is 2.16 bits per heavy atom. The van der Waals surface area contributed by atoms with E-state index in [4.69, 9.17) is 22.1 Å². The SMILES string of the molecule is COCC(O)CNS(=O)(=O)c1cc(N)c(Cl)cc1C. The zero-order valence-corrected chi connectivity index (χ0v) is 12.3. The maximum Gasteiger partial charge on any atom is 0.240 e. The average molecular weight is 309 g/mol. The van der Waals surface area contributed by atoms with Gasteiger partial charge in [-0.25, -0.2) is 13.1 Å². The molecule has 1 rings (SSSR count). The Labute approximate surface area is 117 Å². The van der Waals surface area contributed by atoms with Crippen molar-refractivity contribution in [2.75, 3.05) is 26.0 Å². The molecule has 8 heteroatoms. The molecule has 1 aromatic carbocycles. The summed E-state index contributed by atoms with van der Waals surface area (Å²) in [4.78, 5) is 0.0408. The van der Waals surface area contributed by atoms with E-state index < -0.39 is 16.1 Å². The summed E-state index contributed by atoms with van der Waals surface area (Å²) < 4.78 is 31.1. The molecule has 19 heavy (non-hydrogen) atoms. The average Bonchev–Trinajstić information content (AvgIpc) is 2.31. The second kappa shape index (κ2) is 6.53. The Bertz CT molecular complexity index is 548. The summed E-state index contributed by atoms with van der Waals surface area (Å²) in [6.07, 6.45) is -0.912. The van der Waals surface area contributed by atoms with Gasteiger partial charge in [0.05, 0.1) is 28.3 Å². The molecule has 6 nitrogen and oxygen atoms in total. The van der Waals surface area contributed by atoms with E-state index in [-0.39, 0.29) is 23.7 Å². The fourth-order valence-electron chi connectivity index (χ4n) is 1.49. The van der Waals surface area contributed by atoms with Gasteiger partial charge in [-0.05, 0) is 24.6 Å². The van der Waals surface area contributed by atoms with Crippen LogP contribution in [0.4, 0.5) is 5.69 Å². The molecule has 0 aliphatic carbocycles. The number of aliphatic hydroxyl groups is 1. The molecule has 0 heterocycles. The molecule has 108 valence electrons. The lowest BCUT2D eigenvalue weighted by Gasteiger charge is -2.13. The molecule has 0 amide bonds. The smallest absolute Gasteiger partial charge is 0.240 e. The number of benzene rings is 1. The van der Waals surface area contributed by atoms with Gasteiger partial charge in [0.25, 0.3) is 0 Å². The molecule has 4 N–H and O–H groups in total. The number of nitrogen functional groups attached to an aromatic ring is 1. The van der Waals surface area contributed by atoms with Gasteiger partial charge in [0, 0.05) is 13.7 Å². The van der Waals surface area contributed by atoms with Crippen molar-refractivity contribution in [1.29, 1.82) is 0 Å². The van der Waals surface area contributed by atoms with Gasteiger partial charge in [-0.2, -0.15) is 0 Å². The molecule has 1 unspecified atom stereocenters. The molecule has 0 aliphatic heterocycles.